The number of halogens is 2. The number of hydrogen-bond donors (Lipinski definition) is 2. The van der Waals surface area contributed by atoms with E-state index in [1.165, 1.54) is 12.3 Å². The normalized spacial score (nSPS) is 9.35. The maximum Gasteiger partial charge on any atom is 0.491 e. The Labute approximate surface area is 115 Å². The molecule has 0 fully saturated rings. The standard InChI is InChI=1S/C5H5BFNO2.C5H2FNO2.B/c7-5-3-8-2-1-4(5)6(9)10;1-2-3-4-5(6)7(8)9;/h1-3,9-10H;1,5H;. The molecule has 1 atom stereocenters. The van der Waals surface area contributed by atoms with Gasteiger partial charge in [-0.05, 0) is 17.9 Å². The molecule has 0 aromatic carbocycles. The Hall–Kier alpha value is -2.42. The molecule has 1 aromatic heterocycles. The molecule has 2 N–H and O–H groups in total. The van der Waals surface area contributed by atoms with Crippen LogP contribution in [0.2, 0.25) is 0 Å². The number of pyridine rings is 1. The minimum Gasteiger partial charge on any atom is -0.423 e. The van der Waals surface area contributed by atoms with Gasteiger partial charge < -0.3 is 10.0 Å². The van der Waals surface area contributed by atoms with Crippen molar-refractivity contribution < 1.29 is 23.8 Å². The van der Waals surface area contributed by atoms with Crippen molar-refractivity contribution in [1.29, 1.82) is 0 Å². The monoisotopic (exact) mass is 279 g/mol. The number of alkyl halides is 1. The number of hydrogen-bond acceptors (Lipinski definition) is 5. The molecule has 0 saturated carbocycles. The lowest BCUT2D eigenvalue weighted by atomic mass is 9.81. The summed E-state index contributed by atoms with van der Waals surface area (Å²) >= 11 is 0. The second kappa shape index (κ2) is 10.5. The van der Waals surface area contributed by atoms with Crippen molar-refractivity contribution >= 4 is 21.0 Å². The van der Waals surface area contributed by atoms with E-state index < -0.39 is 24.2 Å². The summed E-state index contributed by atoms with van der Waals surface area (Å²) in [6.07, 6.45) is 4.42. The molecule has 0 bridgehead atoms. The number of nitro groups is 1. The molecule has 101 valence electrons. The van der Waals surface area contributed by atoms with Gasteiger partial charge in [0, 0.05) is 26.0 Å². The van der Waals surface area contributed by atoms with Crippen molar-refractivity contribution in [2.24, 2.45) is 0 Å². The summed E-state index contributed by atoms with van der Waals surface area (Å²) in [6, 6.07) is 1.21. The van der Waals surface area contributed by atoms with Crippen LogP contribution in [0.3, 0.4) is 0 Å². The van der Waals surface area contributed by atoms with Gasteiger partial charge in [0.1, 0.15) is 5.82 Å². The average molecular weight is 279 g/mol. The molecule has 0 amide bonds. The summed E-state index contributed by atoms with van der Waals surface area (Å²) in [5.74, 6) is 4.41. The van der Waals surface area contributed by atoms with Crippen molar-refractivity contribution in [1.82, 2.24) is 4.98 Å². The van der Waals surface area contributed by atoms with Crippen LogP contribution in [0.15, 0.2) is 18.5 Å². The summed E-state index contributed by atoms with van der Waals surface area (Å²) in [5, 5.41) is 26.4. The van der Waals surface area contributed by atoms with Gasteiger partial charge in [0.15, 0.2) is 0 Å². The lowest BCUT2D eigenvalue weighted by Crippen LogP contribution is -2.32. The van der Waals surface area contributed by atoms with Gasteiger partial charge in [0.2, 0.25) is 0 Å². The third-order valence-corrected chi connectivity index (χ3v) is 1.53. The molecule has 1 rings (SSSR count). The smallest absolute Gasteiger partial charge is 0.423 e. The van der Waals surface area contributed by atoms with E-state index in [2.05, 4.69) is 11.4 Å². The van der Waals surface area contributed by atoms with Crippen LogP contribution < -0.4 is 5.46 Å². The number of terminal acetylenes is 1. The number of rotatable bonds is 2. The fourth-order valence-electron chi connectivity index (χ4n) is 0.749. The maximum atomic E-state index is 12.5. The third-order valence-electron chi connectivity index (χ3n) is 1.53. The number of aromatic nitrogens is 1. The molecule has 0 aliphatic carbocycles. The van der Waals surface area contributed by atoms with Crippen LogP contribution in [-0.4, -0.2) is 41.8 Å². The summed E-state index contributed by atoms with van der Waals surface area (Å²) in [6.45, 7) is 0. The van der Waals surface area contributed by atoms with Crippen molar-refractivity contribution in [3.63, 3.8) is 0 Å². The Bertz CT molecular complexity index is 540. The zero-order chi connectivity index (χ0) is 14.8. The van der Waals surface area contributed by atoms with Crippen molar-refractivity contribution in [3.05, 3.63) is 34.4 Å². The lowest BCUT2D eigenvalue weighted by Gasteiger charge is -1.97. The first-order valence-corrected chi connectivity index (χ1v) is 4.59. The molecule has 0 aliphatic heterocycles. The molecule has 0 saturated heterocycles. The SMILES string of the molecule is C#CC#CC(F)[N+](=O)[O-].OB(O)c1ccncc1F.[B]. The van der Waals surface area contributed by atoms with Gasteiger partial charge in [-0.3, -0.25) is 15.1 Å². The first kappa shape index (κ1) is 19.9. The first-order chi connectivity index (χ1) is 8.90. The molecular formula is C10H7B2F2N2O4. The second-order valence-corrected chi connectivity index (χ2v) is 2.81. The Morgan fingerprint density at radius 1 is 1.55 bits per heavy atom. The van der Waals surface area contributed by atoms with Gasteiger partial charge in [-0.2, -0.15) is 4.39 Å². The summed E-state index contributed by atoms with van der Waals surface area (Å²) < 4.78 is 24.2. The van der Waals surface area contributed by atoms with Gasteiger partial charge in [-0.25, -0.2) is 4.39 Å². The van der Waals surface area contributed by atoms with Gasteiger partial charge in [0.25, 0.3) is 0 Å². The molecule has 1 unspecified atom stereocenters. The van der Waals surface area contributed by atoms with Gasteiger partial charge in [0.05, 0.1) is 11.1 Å². The summed E-state index contributed by atoms with van der Waals surface area (Å²) in [4.78, 5) is 11.7. The third kappa shape index (κ3) is 7.82. The van der Waals surface area contributed by atoms with Gasteiger partial charge in [-0.15, -0.1) is 6.42 Å². The predicted molar refractivity (Wildman–Crippen MR) is 68.3 cm³/mol. The van der Waals surface area contributed by atoms with E-state index in [0.717, 1.165) is 6.20 Å². The van der Waals surface area contributed by atoms with E-state index in [1.807, 2.05) is 0 Å². The molecule has 1 heterocycles. The Morgan fingerprint density at radius 3 is 2.50 bits per heavy atom. The van der Waals surface area contributed by atoms with Crippen LogP contribution in [0.1, 0.15) is 0 Å². The van der Waals surface area contributed by atoms with Crippen LogP contribution in [0.25, 0.3) is 0 Å². The number of nitrogens with zero attached hydrogens (tertiary/aromatic N) is 2. The molecule has 1 aromatic rings. The van der Waals surface area contributed by atoms with Crippen LogP contribution in [-0.2, 0) is 0 Å². The first-order valence-electron chi connectivity index (χ1n) is 4.59. The maximum absolute atomic E-state index is 12.5. The van der Waals surface area contributed by atoms with Crippen molar-refractivity contribution in [3.8, 4) is 24.2 Å². The zero-order valence-electron chi connectivity index (χ0n) is 9.90. The Morgan fingerprint density at radius 2 is 2.15 bits per heavy atom. The Kier molecular flexibility index (Phi) is 10.4. The molecule has 3 radical (unpaired) electrons. The van der Waals surface area contributed by atoms with E-state index in [-0.39, 0.29) is 13.9 Å². The lowest BCUT2D eigenvalue weighted by molar-refractivity contribution is -0.535. The van der Waals surface area contributed by atoms with Crippen LogP contribution >= 0.6 is 0 Å². The molecule has 0 spiro atoms. The highest BCUT2D eigenvalue weighted by molar-refractivity contribution is 6.58. The van der Waals surface area contributed by atoms with E-state index in [4.69, 9.17) is 10.0 Å². The average Bonchev–Trinajstić information content (AvgIpc) is 2.36. The minimum absolute atomic E-state index is 0. The highest BCUT2D eigenvalue weighted by Crippen LogP contribution is 1.89. The van der Waals surface area contributed by atoms with E-state index >= 15 is 0 Å². The van der Waals surface area contributed by atoms with Crippen molar-refractivity contribution in [2.75, 3.05) is 0 Å². The molecule has 6 nitrogen and oxygen atoms in total. The van der Waals surface area contributed by atoms with Crippen LogP contribution in [0, 0.1) is 40.1 Å². The molecular weight excluding hydrogens is 272 g/mol. The topological polar surface area (TPSA) is 96.5 Å². The van der Waals surface area contributed by atoms with Crippen molar-refractivity contribution in [2.45, 2.75) is 6.30 Å². The van der Waals surface area contributed by atoms with Crippen LogP contribution in [0.4, 0.5) is 8.78 Å². The van der Waals surface area contributed by atoms with Crippen LogP contribution in [0.5, 0.6) is 0 Å². The molecule has 10 heteroatoms. The fraction of sp³-hybridized carbons (Fsp3) is 0.100. The Balaban J connectivity index is 0. The molecule has 20 heavy (non-hydrogen) atoms. The summed E-state index contributed by atoms with van der Waals surface area (Å²) in [7, 11) is -1.76. The second-order valence-electron chi connectivity index (χ2n) is 2.81. The van der Waals surface area contributed by atoms with Gasteiger partial charge in [-0.1, -0.05) is 0 Å². The minimum atomic E-state index is -2.36. The fourth-order valence-corrected chi connectivity index (χ4v) is 0.749. The van der Waals surface area contributed by atoms with E-state index in [0.29, 0.717) is 0 Å². The predicted octanol–water partition coefficient (Wildman–Crippen LogP) is -1.29. The zero-order valence-corrected chi connectivity index (χ0v) is 9.90. The highest BCUT2D eigenvalue weighted by Gasteiger charge is 2.14. The van der Waals surface area contributed by atoms with Gasteiger partial charge >= 0.3 is 13.4 Å². The quantitative estimate of drug-likeness (QED) is 0.231. The van der Waals surface area contributed by atoms with E-state index in [9.17, 15) is 18.9 Å². The highest BCUT2D eigenvalue weighted by atomic mass is 19.1. The summed E-state index contributed by atoms with van der Waals surface area (Å²) in [5.41, 5.74) is -0.157. The molecule has 0 aliphatic rings. The van der Waals surface area contributed by atoms with E-state index in [1.54, 1.807) is 17.8 Å². The largest absolute Gasteiger partial charge is 0.491 e.